The lowest BCUT2D eigenvalue weighted by atomic mass is 10.1. The minimum atomic E-state index is -0.245. The van der Waals surface area contributed by atoms with Gasteiger partial charge in [-0.1, -0.05) is 12.1 Å². The number of guanidine groups is 1. The number of nitrogens with zero attached hydrogens (tertiary/aromatic N) is 2. The zero-order valence-corrected chi connectivity index (χ0v) is 17.1. The fourth-order valence-electron chi connectivity index (χ4n) is 3.01. The second kappa shape index (κ2) is 11.9. The Balaban J connectivity index is 2.41. The van der Waals surface area contributed by atoms with Crippen molar-refractivity contribution in [3.63, 3.8) is 0 Å². The van der Waals surface area contributed by atoms with Crippen molar-refractivity contribution in [1.29, 1.82) is 0 Å². The Morgan fingerprint density at radius 3 is 2.23 bits per heavy atom. The Bertz CT molecular complexity index is 523. The fraction of sp³-hybridized carbons (Fsp3) is 0.650. The van der Waals surface area contributed by atoms with Crippen molar-refractivity contribution in [2.45, 2.75) is 52.3 Å². The van der Waals surface area contributed by atoms with Gasteiger partial charge in [-0.2, -0.15) is 0 Å². The maximum absolute atomic E-state index is 13.1. The Morgan fingerprint density at radius 2 is 1.73 bits per heavy atom. The molecule has 0 radical (unpaired) electrons. The number of aliphatic imine (C=N–C) groups is 1. The SMILES string of the molecule is CN=C(NCCCN(C(C)C)C(C)C)NCC(OC)c1ccc(F)cc1. The average Bonchev–Trinajstić information content (AvgIpc) is 2.60. The largest absolute Gasteiger partial charge is 0.375 e. The van der Waals surface area contributed by atoms with Crippen molar-refractivity contribution >= 4 is 5.96 Å². The number of hydrogen-bond donors (Lipinski definition) is 2. The van der Waals surface area contributed by atoms with Crippen molar-refractivity contribution in [2.75, 3.05) is 33.8 Å². The summed E-state index contributed by atoms with van der Waals surface area (Å²) in [5, 5.41) is 6.61. The van der Waals surface area contributed by atoms with Gasteiger partial charge in [0.15, 0.2) is 5.96 Å². The number of halogens is 1. The topological polar surface area (TPSA) is 48.9 Å². The van der Waals surface area contributed by atoms with E-state index in [-0.39, 0.29) is 11.9 Å². The maximum atomic E-state index is 13.1. The molecule has 0 fully saturated rings. The number of methoxy groups -OCH3 is 1. The maximum Gasteiger partial charge on any atom is 0.191 e. The molecular formula is C20H35FN4O. The monoisotopic (exact) mass is 366 g/mol. The summed E-state index contributed by atoms with van der Waals surface area (Å²) in [5.41, 5.74) is 0.932. The zero-order chi connectivity index (χ0) is 19.5. The van der Waals surface area contributed by atoms with E-state index in [9.17, 15) is 4.39 Å². The third-order valence-electron chi connectivity index (χ3n) is 4.42. The van der Waals surface area contributed by atoms with E-state index in [4.69, 9.17) is 4.74 Å². The van der Waals surface area contributed by atoms with Crippen molar-refractivity contribution in [1.82, 2.24) is 15.5 Å². The van der Waals surface area contributed by atoms with Crippen LogP contribution in [0.25, 0.3) is 0 Å². The van der Waals surface area contributed by atoms with Gasteiger partial charge in [-0.3, -0.25) is 9.89 Å². The van der Waals surface area contributed by atoms with Gasteiger partial charge in [0, 0.05) is 45.9 Å². The van der Waals surface area contributed by atoms with E-state index in [1.165, 1.54) is 12.1 Å². The van der Waals surface area contributed by atoms with Crippen molar-refractivity contribution in [3.05, 3.63) is 35.6 Å². The highest BCUT2D eigenvalue weighted by molar-refractivity contribution is 5.79. The van der Waals surface area contributed by atoms with Crippen LogP contribution in [-0.4, -0.2) is 56.7 Å². The first-order valence-electron chi connectivity index (χ1n) is 9.37. The molecule has 0 amide bonds. The molecule has 0 aliphatic carbocycles. The van der Waals surface area contributed by atoms with Crippen LogP contribution in [0.4, 0.5) is 4.39 Å². The van der Waals surface area contributed by atoms with Gasteiger partial charge >= 0.3 is 0 Å². The average molecular weight is 367 g/mol. The smallest absolute Gasteiger partial charge is 0.191 e. The molecule has 0 aliphatic rings. The predicted molar refractivity (Wildman–Crippen MR) is 107 cm³/mol. The molecule has 5 nitrogen and oxygen atoms in total. The van der Waals surface area contributed by atoms with E-state index in [1.807, 2.05) is 0 Å². The second-order valence-electron chi connectivity index (χ2n) is 6.93. The molecule has 0 heterocycles. The van der Waals surface area contributed by atoms with Gasteiger partial charge in [-0.15, -0.1) is 0 Å². The van der Waals surface area contributed by atoms with E-state index in [2.05, 4.69) is 48.2 Å². The van der Waals surface area contributed by atoms with Crippen LogP contribution in [0.5, 0.6) is 0 Å². The third kappa shape index (κ3) is 7.70. The fourth-order valence-corrected chi connectivity index (χ4v) is 3.01. The lowest BCUT2D eigenvalue weighted by Crippen LogP contribution is -2.42. The molecule has 2 N–H and O–H groups in total. The first kappa shape index (κ1) is 22.4. The molecule has 0 spiro atoms. The van der Waals surface area contributed by atoms with E-state index in [0.717, 1.165) is 31.0 Å². The molecule has 0 aliphatic heterocycles. The highest BCUT2D eigenvalue weighted by Gasteiger charge is 2.13. The van der Waals surface area contributed by atoms with Crippen molar-refractivity contribution in [2.24, 2.45) is 4.99 Å². The first-order chi connectivity index (χ1) is 12.4. The number of ether oxygens (including phenoxy) is 1. The first-order valence-corrected chi connectivity index (χ1v) is 9.37. The van der Waals surface area contributed by atoms with Gasteiger partial charge in [0.05, 0.1) is 6.10 Å². The van der Waals surface area contributed by atoms with Crippen LogP contribution in [0.2, 0.25) is 0 Å². The zero-order valence-electron chi connectivity index (χ0n) is 17.1. The number of rotatable bonds is 10. The summed E-state index contributed by atoms with van der Waals surface area (Å²) in [6.45, 7) is 11.4. The van der Waals surface area contributed by atoms with E-state index < -0.39 is 0 Å². The van der Waals surface area contributed by atoms with Crippen LogP contribution in [-0.2, 0) is 4.74 Å². The van der Waals surface area contributed by atoms with Crippen LogP contribution in [0.3, 0.4) is 0 Å². The summed E-state index contributed by atoms with van der Waals surface area (Å²) in [5.74, 6) is 0.501. The molecule has 1 atom stereocenters. The molecule has 1 aromatic rings. The van der Waals surface area contributed by atoms with Crippen LogP contribution in [0.1, 0.15) is 45.8 Å². The molecule has 148 valence electrons. The summed E-state index contributed by atoms with van der Waals surface area (Å²) in [6, 6.07) is 7.48. The highest BCUT2D eigenvalue weighted by Crippen LogP contribution is 2.16. The summed E-state index contributed by atoms with van der Waals surface area (Å²) >= 11 is 0. The molecule has 26 heavy (non-hydrogen) atoms. The summed E-state index contributed by atoms with van der Waals surface area (Å²) in [7, 11) is 3.40. The van der Waals surface area contributed by atoms with Crippen molar-refractivity contribution < 1.29 is 9.13 Å². The predicted octanol–water partition coefficient (Wildman–Crippen LogP) is 3.19. The number of benzene rings is 1. The normalized spacial score (nSPS) is 13.5. The lowest BCUT2D eigenvalue weighted by molar-refractivity contribution is 0.106. The Morgan fingerprint density at radius 1 is 1.12 bits per heavy atom. The van der Waals surface area contributed by atoms with Gasteiger partial charge in [-0.05, 0) is 51.8 Å². The van der Waals surface area contributed by atoms with Gasteiger partial charge in [0.2, 0.25) is 0 Å². The van der Waals surface area contributed by atoms with Gasteiger partial charge < -0.3 is 15.4 Å². The van der Waals surface area contributed by atoms with Crippen LogP contribution >= 0.6 is 0 Å². The standard InChI is InChI=1S/C20H35FN4O/c1-15(2)25(16(3)4)13-7-12-23-20(22-5)24-14-19(26-6)17-8-10-18(21)11-9-17/h8-11,15-16,19H,7,12-14H2,1-6H3,(H2,22,23,24). The molecular weight excluding hydrogens is 331 g/mol. The Hall–Kier alpha value is -1.66. The van der Waals surface area contributed by atoms with Crippen LogP contribution in [0, 0.1) is 5.82 Å². The van der Waals surface area contributed by atoms with E-state index in [1.54, 1.807) is 26.3 Å². The molecule has 1 aromatic carbocycles. The van der Waals surface area contributed by atoms with Crippen molar-refractivity contribution in [3.8, 4) is 0 Å². The molecule has 0 saturated heterocycles. The van der Waals surface area contributed by atoms with Gasteiger partial charge in [0.1, 0.15) is 5.82 Å². The highest BCUT2D eigenvalue weighted by atomic mass is 19.1. The molecule has 0 saturated carbocycles. The third-order valence-corrected chi connectivity index (χ3v) is 4.42. The second-order valence-corrected chi connectivity index (χ2v) is 6.93. The number of nitrogens with one attached hydrogen (secondary N) is 2. The molecule has 6 heteroatoms. The summed E-state index contributed by atoms with van der Waals surface area (Å²) in [4.78, 5) is 6.73. The van der Waals surface area contributed by atoms with Crippen LogP contribution in [0.15, 0.2) is 29.3 Å². The van der Waals surface area contributed by atoms with E-state index in [0.29, 0.717) is 18.6 Å². The van der Waals surface area contributed by atoms with Gasteiger partial charge in [-0.25, -0.2) is 4.39 Å². The lowest BCUT2D eigenvalue weighted by Gasteiger charge is -2.30. The minimum Gasteiger partial charge on any atom is -0.375 e. The Labute approximate surface area is 158 Å². The number of hydrogen-bond acceptors (Lipinski definition) is 3. The minimum absolute atomic E-state index is 0.161. The van der Waals surface area contributed by atoms with E-state index >= 15 is 0 Å². The van der Waals surface area contributed by atoms with Crippen LogP contribution < -0.4 is 10.6 Å². The summed E-state index contributed by atoms with van der Waals surface area (Å²) < 4.78 is 18.6. The molecule has 1 unspecified atom stereocenters. The Kier molecular flexibility index (Phi) is 10.2. The quantitative estimate of drug-likeness (QED) is 0.379. The van der Waals surface area contributed by atoms with Gasteiger partial charge in [0.25, 0.3) is 0 Å². The molecule has 0 bridgehead atoms. The molecule has 1 rings (SSSR count). The molecule has 0 aromatic heterocycles. The summed E-state index contributed by atoms with van der Waals surface area (Å²) in [6.07, 6.45) is 0.884.